The Morgan fingerprint density at radius 2 is 1.39 bits per heavy atom. The molecule has 33 heavy (non-hydrogen) atoms. The maximum Gasteiger partial charge on any atom is 0.352 e. The Morgan fingerprint density at radius 1 is 0.788 bits per heavy atom. The van der Waals surface area contributed by atoms with Crippen molar-refractivity contribution in [1.29, 1.82) is 0 Å². The van der Waals surface area contributed by atoms with E-state index in [1.807, 2.05) is 16.7 Å². The summed E-state index contributed by atoms with van der Waals surface area (Å²) in [7, 11) is 0. The molecule has 4 aliphatic heterocycles. The zero-order valence-electron chi connectivity index (χ0n) is 19.0. The minimum Gasteiger partial charge on any atom is -0.322 e. The van der Waals surface area contributed by atoms with Crippen LogP contribution in [-0.4, -0.2) is 68.2 Å². The highest BCUT2D eigenvalue weighted by Gasteiger charge is 2.22. The van der Waals surface area contributed by atoms with Gasteiger partial charge in [-0.15, -0.1) is 0 Å². The van der Waals surface area contributed by atoms with Gasteiger partial charge in [0.25, 0.3) is 5.56 Å². The molecular weight excluding hydrogens is 440 g/mol. The van der Waals surface area contributed by atoms with Crippen LogP contribution in [0.1, 0.15) is 38.5 Å². The summed E-state index contributed by atoms with van der Waals surface area (Å²) in [6.45, 7) is 7.37. The third-order valence-corrected chi connectivity index (χ3v) is 7.15. The van der Waals surface area contributed by atoms with Gasteiger partial charge in [0.05, 0.1) is 11.0 Å². The van der Waals surface area contributed by atoms with Crippen molar-refractivity contribution in [2.24, 2.45) is 0 Å². The maximum atomic E-state index is 13.3. The Labute approximate surface area is 198 Å². The summed E-state index contributed by atoms with van der Waals surface area (Å²) in [4.78, 5) is 40.0. The highest BCUT2D eigenvalue weighted by atomic mass is 35.5. The largest absolute Gasteiger partial charge is 0.352 e. The van der Waals surface area contributed by atoms with Crippen LogP contribution in [-0.2, 0) is 13.1 Å². The fraction of sp³-hybridized carbons (Fsp3) is 0.583. The first-order chi connectivity index (χ1) is 16.1. The van der Waals surface area contributed by atoms with Crippen LogP contribution in [0.4, 0.5) is 0 Å². The summed E-state index contributed by atoms with van der Waals surface area (Å²) in [6.07, 6.45) is 6.61. The summed E-state index contributed by atoms with van der Waals surface area (Å²) >= 11 is 6.28. The second-order valence-electron chi connectivity index (χ2n) is 9.22. The second kappa shape index (κ2) is 9.91. The molecule has 0 atom stereocenters. The van der Waals surface area contributed by atoms with E-state index < -0.39 is 5.69 Å². The molecule has 0 amide bonds. The summed E-state index contributed by atoms with van der Waals surface area (Å²) in [6, 6.07) is 5.45. The van der Waals surface area contributed by atoms with Crippen LogP contribution in [0.2, 0.25) is 5.02 Å². The Hall–Kier alpha value is -2.29. The lowest BCUT2D eigenvalue weighted by molar-refractivity contribution is 0.322. The van der Waals surface area contributed by atoms with E-state index in [0.29, 0.717) is 29.5 Å². The van der Waals surface area contributed by atoms with E-state index in [1.54, 1.807) is 6.07 Å². The lowest BCUT2D eigenvalue weighted by Gasteiger charge is -2.20. The SMILES string of the molecule is O=c1nc2n(CCCN3CCCC3)c3cc(Cl)ccc3nc-2c(=O)n1CCCN1CCCC1. The van der Waals surface area contributed by atoms with E-state index in [2.05, 4.69) is 19.8 Å². The van der Waals surface area contributed by atoms with Gasteiger partial charge in [0.2, 0.25) is 0 Å². The van der Waals surface area contributed by atoms with Gasteiger partial charge in [0, 0.05) is 18.1 Å². The number of hydrogen-bond donors (Lipinski definition) is 0. The molecule has 0 spiro atoms. The number of fused-ring (bicyclic) bond motifs is 2. The van der Waals surface area contributed by atoms with Crippen molar-refractivity contribution in [2.75, 3.05) is 39.3 Å². The van der Waals surface area contributed by atoms with Crippen molar-refractivity contribution >= 4 is 22.6 Å². The van der Waals surface area contributed by atoms with Gasteiger partial charge in [-0.1, -0.05) is 11.6 Å². The number of likely N-dealkylation sites (tertiary alicyclic amines) is 2. The third kappa shape index (κ3) is 4.83. The number of hydrogen-bond acceptors (Lipinski definition) is 6. The van der Waals surface area contributed by atoms with E-state index in [1.165, 1.54) is 30.3 Å². The Morgan fingerprint density at radius 3 is 2.03 bits per heavy atom. The van der Waals surface area contributed by atoms with Crippen molar-refractivity contribution in [3.05, 3.63) is 44.1 Å². The summed E-state index contributed by atoms with van der Waals surface area (Å²) in [5.74, 6) is 0.358. The van der Waals surface area contributed by atoms with Crippen LogP contribution in [0.15, 0.2) is 27.8 Å². The molecule has 4 heterocycles. The zero-order chi connectivity index (χ0) is 22.8. The predicted octanol–water partition coefficient (Wildman–Crippen LogP) is 2.68. The Balaban J connectivity index is 1.48. The molecule has 1 aromatic carbocycles. The molecule has 4 aliphatic rings. The Bertz CT molecular complexity index is 1210. The molecule has 9 heteroatoms. The van der Waals surface area contributed by atoms with Gasteiger partial charge in [0.15, 0.2) is 11.5 Å². The highest BCUT2D eigenvalue weighted by Crippen LogP contribution is 2.24. The number of halogens is 1. The third-order valence-electron chi connectivity index (χ3n) is 6.92. The van der Waals surface area contributed by atoms with Crippen molar-refractivity contribution in [2.45, 2.75) is 51.6 Å². The van der Waals surface area contributed by atoms with Crippen molar-refractivity contribution < 1.29 is 0 Å². The van der Waals surface area contributed by atoms with Crippen molar-refractivity contribution in [3.8, 4) is 11.5 Å². The van der Waals surface area contributed by atoms with Crippen LogP contribution in [0.3, 0.4) is 0 Å². The summed E-state index contributed by atoms with van der Waals surface area (Å²) in [5, 5.41) is 0.592. The molecule has 0 saturated carbocycles. The lowest BCUT2D eigenvalue weighted by atomic mass is 10.2. The first kappa shape index (κ1) is 22.5. The van der Waals surface area contributed by atoms with Crippen molar-refractivity contribution in [1.82, 2.24) is 28.9 Å². The monoisotopic (exact) mass is 470 g/mol. The normalized spacial score (nSPS) is 17.6. The van der Waals surface area contributed by atoms with E-state index in [4.69, 9.17) is 11.6 Å². The fourth-order valence-electron chi connectivity index (χ4n) is 5.18. The minimum absolute atomic E-state index is 0.256. The first-order valence-corrected chi connectivity index (χ1v) is 12.5. The van der Waals surface area contributed by atoms with Crippen LogP contribution in [0, 0.1) is 0 Å². The predicted molar refractivity (Wildman–Crippen MR) is 130 cm³/mol. The van der Waals surface area contributed by atoms with Crippen molar-refractivity contribution in [3.63, 3.8) is 0 Å². The molecule has 1 aromatic rings. The van der Waals surface area contributed by atoms with E-state index >= 15 is 0 Å². The minimum atomic E-state index is -0.495. The molecule has 0 N–H and O–H groups in total. The molecular formula is C24H31ClN6O2. The fourth-order valence-corrected chi connectivity index (χ4v) is 5.35. The van der Waals surface area contributed by atoms with E-state index in [-0.39, 0.29) is 11.3 Å². The van der Waals surface area contributed by atoms with Gasteiger partial charge >= 0.3 is 5.69 Å². The Kier molecular flexibility index (Phi) is 6.76. The number of aromatic nitrogens is 4. The molecule has 176 valence electrons. The first-order valence-electron chi connectivity index (χ1n) is 12.2. The highest BCUT2D eigenvalue weighted by molar-refractivity contribution is 6.31. The zero-order valence-corrected chi connectivity index (χ0v) is 19.8. The number of rotatable bonds is 8. The van der Waals surface area contributed by atoms with Gasteiger partial charge in [-0.25, -0.2) is 9.78 Å². The molecule has 0 aliphatic carbocycles. The summed E-state index contributed by atoms with van der Waals surface area (Å²) < 4.78 is 3.21. The van der Waals surface area contributed by atoms with Gasteiger partial charge in [0.1, 0.15) is 0 Å². The standard InChI is InChI=1S/C24H31ClN6O2/c25-18-7-8-19-20(17-18)30(15-5-13-28-9-1-2-10-28)22-21(26-19)23(32)31(24(33)27-22)16-6-14-29-11-3-4-12-29/h7-8,17H,1-6,9-16H2. The lowest BCUT2D eigenvalue weighted by Crippen LogP contribution is -2.39. The molecule has 5 rings (SSSR count). The van der Waals surface area contributed by atoms with Gasteiger partial charge in [-0.3, -0.25) is 9.36 Å². The van der Waals surface area contributed by atoms with Gasteiger partial charge in [-0.2, -0.15) is 4.98 Å². The topological polar surface area (TPSA) is 76.3 Å². The van der Waals surface area contributed by atoms with E-state index in [9.17, 15) is 9.59 Å². The molecule has 0 radical (unpaired) electrons. The van der Waals surface area contributed by atoms with Gasteiger partial charge in [-0.05, 0) is 96.0 Å². The quantitative estimate of drug-likeness (QED) is 0.471. The van der Waals surface area contributed by atoms with Crippen LogP contribution >= 0.6 is 11.6 Å². The van der Waals surface area contributed by atoms with Crippen LogP contribution < -0.4 is 11.2 Å². The molecule has 0 unspecified atom stereocenters. The number of nitrogens with zero attached hydrogens (tertiary/aromatic N) is 6. The molecule has 0 aromatic heterocycles. The maximum absolute atomic E-state index is 13.3. The molecule has 8 nitrogen and oxygen atoms in total. The average Bonchev–Trinajstić information content (AvgIpc) is 3.51. The smallest absolute Gasteiger partial charge is 0.322 e. The van der Waals surface area contributed by atoms with Crippen LogP contribution in [0.5, 0.6) is 0 Å². The average molecular weight is 471 g/mol. The molecule has 2 fully saturated rings. The number of aryl methyl sites for hydroxylation is 1. The molecule has 2 saturated heterocycles. The number of benzene rings is 1. The van der Waals surface area contributed by atoms with E-state index in [0.717, 1.165) is 57.6 Å². The van der Waals surface area contributed by atoms with Gasteiger partial charge < -0.3 is 14.4 Å². The molecule has 0 bridgehead atoms. The second-order valence-corrected chi connectivity index (χ2v) is 9.66. The van der Waals surface area contributed by atoms with Crippen LogP contribution in [0.25, 0.3) is 22.6 Å². The summed E-state index contributed by atoms with van der Waals surface area (Å²) in [5.41, 5.74) is 0.900.